The Morgan fingerprint density at radius 2 is 1.38 bits per heavy atom. The van der Waals surface area contributed by atoms with Gasteiger partial charge in [-0.25, -0.2) is 9.59 Å². The number of aliphatic hydroxyl groups excluding tert-OH is 6. The molecule has 0 radical (unpaired) electrons. The van der Waals surface area contributed by atoms with E-state index in [1.807, 2.05) is 0 Å². The number of hydrogen-bond donors (Lipinski definition) is 7. The Balaban J connectivity index is 1.48. The molecule has 286 valence electrons. The van der Waals surface area contributed by atoms with Gasteiger partial charge in [-0.2, -0.15) is 0 Å². The van der Waals surface area contributed by atoms with Crippen molar-refractivity contribution in [2.75, 3.05) is 48.3 Å². The average molecular weight is 739 g/mol. The Hall–Kier alpha value is -4.50. The molecule has 9 atom stereocenters. The zero-order chi connectivity index (χ0) is 38.2. The van der Waals surface area contributed by atoms with Gasteiger partial charge in [0, 0.05) is 12.2 Å². The van der Waals surface area contributed by atoms with Crippen molar-refractivity contribution < 1.29 is 88.0 Å². The number of aromatic hydroxyl groups is 1. The van der Waals surface area contributed by atoms with Crippen molar-refractivity contribution >= 4 is 24.1 Å². The van der Waals surface area contributed by atoms with Crippen LogP contribution in [0.25, 0.3) is 12.2 Å². The van der Waals surface area contributed by atoms with Crippen molar-refractivity contribution in [1.82, 2.24) is 0 Å². The van der Waals surface area contributed by atoms with Gasteiger partial charge < -0.3 is 78.4 Å². The first-order chi connectivity index (χ1) is 24.8. The Bertz CT molecular complexity index is 1570. The Labute approximate surface area is 297 Å². The van der Waals surface area contributed by atoms with Crippen molar-refractivity contribution in [1.29, 1.82) is 0 Å². The lowest BCUT2D eigenvalue weighted by Crippen LogP contribution is -2.63. The van der Waals surface area contributed by atoms with E-state index in [4.69, 9.17) is 42.6 Å². The third-order valence-electron chi connectivity index (χ3n) is 8.21. The molecule has 0 unspecified atom stereocenters. The monoisotopic (exact) mass is 738 g/mol. The molecule has 18 heteroatoms. The summed E-state index contributed by atoms with van der Waals surface area (Å²) in [7, 11) is 5.59. The first-order valence-corrected chi connectivity index (χ1v) is 15.7. The molecule has 2 aromatic rings. The van der Waals surface area contributed by atoms with Gasteiger partial charge in [-0.1, -0.05) is 6.07 Å². The second kappa shape index (κ2) is 17.8. The van der Waals surface area contributed by atoms with E-state index in [0.29, 0.717) is 28.4 Å². The molecule has 7 N–H and O–H groups in total. The summed E-state index contributed by atoms with van der Waals surface area (Å²) in [6.07, 6.45) is -9.55. The first kappa shape index (κ1) is 40.3. The van der Waals surface area contributed by atoms with E-state index < -0.39 is 86.6 Å². The van der Waals surface area contributed by atoms with Crippen LogP contribution in [0.1, 0.15) is 11.1 Å². The van der Waals surface area contributed by atoms with E-state index in [1.165, 1.54) is 58.8 Å². The number of phenols is 1. The van der Waals surface area contributed by atoms with Crippen LogP contribution >= 0.6 is 0 Å². The van der Waals surface area contributed by atoms with E-state index in [9.17, 15) is 45.3 Å². The smallest absolute Gasteiger partial charge is 0.331 e. The minimum Gasteiger partial charge on any atom is -0.504 e. The maximum atomic E-state index is 13.0. The number of carbonyl (C=O) groups excluding carboxylic acids is 2. The molecule has 0 bridgehead atoms. The Morgan fingerprint density at radius 3 is 1.98 bits per heavy atom. The van der Waals surface area contributed by atoms with E-state index in [0.717, 1.165) is 12.2 Å². The topological polar surface area (TPSA) is 259 Å². The summed E-state index contributed by atoms with van der Waals surface area (Å²) >= 11 is 0. The number of methoxy groups -OCH3 is 4. The van der Waals surface area contributed by atoms with Gasteiger partial charge in [-0.05, 0) is 47.5 Å². The van der Waals surface area contributed by atoms with Crippen LogP contribution in [0.5, 0.6) is 28.7 Å². The molecule has 2 fully saturated rings. The van der Waals surface area contributed by atoms with Crippen LogP contribution in [0.4, 0.5) is 0 Å². The number of phenolic OH excluding ortho intramolecular Hbond substituents is 1. The summed E-state index contributed by atoms with van der Waals surface area (Å²) in [4.78, 5) is 25.4. The minimum atomic E-state index is -2.48. The van der Waals surface area contributed by atoms with Crippen molar-refractivity contribution in [3.8, 4) is 28.7 Å². The maximum absolute atomic E-state index is 13.0. The minimum absolute atomic E-state index is 0.107. The highest BCUT2D eigenvalue weighted by atomic mass is 16.8. The molecular formula is C34H42O18. The number of aliphatic hydroxyl groups is 6. The highest BCUT2D eigenvalue weighted by Gasteiger charge is 2.60. The summed E-state index contributed by atoms with van der Waals surface area (Å²) in [5, 5.41) is 72.8. The lowest BCUT2D eigenvalue weighted by molar-refractivity contribution is -0.383. The largest absolute Gasteiger partial charge is 0.504 e. The molecule has 4 rings (SSSR count). The van der Waals surface area contributed by atoms with Crippen molar-refractivity contribution in [3.63, 3.8) is 0 Å². The number of ether oxygens (including phenoxy) is 9. The molecule has 0 saturated carbocycles. The zero-order valence-electron chi connectivity index (χ0n) is 28.6. The van der Waals surface area contributed by atoms with E-state index in [1.54, 1.807) is 12.1 Å². The van der Waals surface area contributed by atoms with Gasteiger partial charge in [0.15, 0.2) is 35.4 Å². The fraction of sp³-hybridized carbons (Fsp3) is 0.471. The average Bonchev–Trinajstić information content (AvgIpc) is 3.42. The standard InChI is InChI=1S/C34H42O18/c1-44-20-11-17(5-8-19(20)37)6-9-25(38)48-15-24-27(40)29(42)30(43)33(49-24)52-34(16-36)32(28(41)23(14-35)51-34)50-26(39)10-7-18-12-21(45-2)31(47-4)22(13-18)46-3/h5-13,23-24,27-30,32-33,35-37,40-43H,14-16H2,1-4H3/t23-,24-,27-,28+,29+,30-,32+,33+,34-/m0/s1. The number of hydrogen-bond acceptors (Lipinski definition) is 18. The third kappa shape index (κ3) is 8.92. The van der Waals surface area contributed by atoms with Crippen molar-refractivity contribution in [2.45, 2.75) is 54.8 Å². The molecule has 52 heavy (non-hydrogen) atoms. The maximum Gasteiger partial charge on any atom is 0.331 e. The summed E-state index contributed by atoms with van der Waals surface area (Å²) in [5.74, 6) is -3.48. The molecule has 2 aliphatic rings. The number of rotatable bonds is 15. The highest BCUT2D eigenvalue weighted by molar-refractivity contribution is 5.88. The lowest BCUT2D eigenvalue weighted by atomic mass is 9.99. The molecule has 0 aromatic heterocycles. The predicted molar refractivity (Wildman–Crippen MR) is 175 cm³/mol. The van der Waals surface area contributed by atoms with Crippen molar-refractivity contribution in [2.24, 2.45) is 0 Å². The van der Waals surface area contributed by atoms with Gasteiger partial charge in [0.05, 0.1) is 35.0 Å². The predicted octanol–water partition coefficient (Wildman–Crippen LogP) is -1.13. The van der Waals surface area contributed by atoms with Crippen LogP contribution in [-0.2, 0) is 33.3 Å². The fourth-order valence-electron chi connectivity index (χ4n) is 5.46. The number of benzene rings is 2. The summed E-state index contributed by atoms with van der Waals surface area (Å²) in [5.41, 5.74) is 0.899. The molecule has 2 saturated heterocycles. The van der Waals surface area contributed by atoms with Crippen LogP contribution in [0, 0.1) is 0 Å². The number of esters is 2. The molecule has 2 aromatic carbocycles. The van der Waals surface area contributed by atoms with Gasteiger partial charge in [-0.3, -0.25) is 0 Å². The lowest BCUT2D eigenvalue weighted by Gasteiger charge is -2.43. The fourth-order valence-corrected chi connectivity index (χ4v) is 5.46. The van der Waals surface area contributed by atoms with E-state index in [-0.39, 0.29) is 11.5 Å². The third-order valence-corrected chi connectivity index (χ3v) is 8.21. The van der Waals surface area contributed by atoms with Gasteiger partial charge in [0.25, 0.3) is 0 Å². The molecule has 0 spiro atoms. The van der Waals surface area contributed by atoms with Crippen LogP contribution in [0.3, 0.4) is 0 Å². The summed E-state index contributed by atoms with van der Waals surface area (Å²) in [6, 6.07) is 7.41. The second-order valence-electron chi connectivity index (χ2n) is 11.5. The van der Waals surface area contributed by atoms with Crippen molar-refractivity contribution in [3.05, 3.63) is 53.6 Å². The van der Waals surface area contributed by atoms with Gasteiger partial charge in [0.1, 0.15) is 49.8 Å². The SMILES string of the molecule is COc1cc(C=CC(=O)OC[C@@H]2O[C@H](O[C@]3(CO)O[C@@H](CO)[C@@H](O)[C@H]3OC(=O)C=Cc3cc(OC)c(OC)c(OC)c3)[C@@H](O)[C@H](O)[C@H]2O)ccc1O. The molecular weight excluding hydrogens is 696 g/mol. The number of carbonyl (C=O) groups is 2. The summed E-state index contributed by atoms with van der Waals surface area (Å²) in [6.45, 7) is -2.61. The molecule has 2 aliphatic heterocycles. The second-order valence-corrected chi connectivity index (χ2v) is 11.5. The first-order valence-electron chi connectivity index (χ1n) is 15.7. The molecule has 18 nitrogen and oxygen atoms in total. The zero-order valence-corrected chi connectivity index (χ0v) is 28.6. The van der Waals surface area contributed by atoms with Crippen LogP contribution in [0.2, 0.25) is 0 Å². The van der Waals surface area contributed by atoms with Crippen LogP contribution < -0.4 is 18.9 Å². The van der Waals surface area contributed by atoms with Gasteiger partial charge in [-0.15, -0.1) is 0 Å². The Kier molecular flexibility index (Phi) is 13.8. The quantitative estimate of drug-likeness (QED) is 0.0843. The van der Waals surface area contributed by atoms with Gasteiger partial charge in [0.2, 0.25) is 11.5 Å². The normalized spacial score (nSPS) is 28.9. The van der Waals surface area contributed by atoms with Crippen LogP contribution in [-0.4, -0.2) is 151 Å². The van der Waals surface area contributed by atoms with E-state index in [2.05, 4.69) is 0 Å². The van der Waals surface area contributed by atoms with Gasteiger partial charge >= 0.3 is 11.9 Å². The Morgan fingerprint density at radius 1 is 0.769 bits per heavy atom. The molecule has 2 heterocycles. The highest BCUT2D eigenvalue weighted by Crippen LogP contribution is 2.40. The molecule has 0 aliphatic carbocycles. The molecule has 0 amide bonds. The summed E-state index contributed by atoms with van der Waals surface area (Å²) < 4.78 is 48.4. The van der Waals surface area contributed by atoms with E-state index >= 15 is 0 Å². The van der Waals surface area contributed by atoms with Crippen LogP contribution in [0.15, 0.2) is 42.5 Å².